The van der Waals surface area contributed by atoms with E-state index in [0.717, 1.165) is 45.6 Å². The largest absolute Gasteiger partial charge is 0.320 e. The van der Waals surface area contributed by atoms with Crippen LogP contribution in [-0.2, 0) is 6.54 Å². The zero-order chi connectivity index (χ0) is 13.9. The lowest BCUT2D eigenvalue weighted by molar-refractivity contribution is 0.165. The van der Waals surface area contributed by atoms with Crippen molar-refractivity contribution in [3.8, 4) is 0 Å². The van der Waals surface area contributed by atoms with E-state index >= 15 is 0 Å². The summed E-state index contributed by atoms with van der Waals surface area (Å²) in [7, 11) is 0. The van der Waals surface area contributed by atoms with Crippen molar-refractivity contribution in [2.75, 3.05) is 26.2 Å². The molecule has 0 unspecified atom stereocenters. The van der Waals surface area contributed by atoms with E-state index < -0.39 is 0 Å². The van der Waals surface area contributed by atoms with Crippen LogP contribution < -0.4 is 5.32 Å². The molecule has 2 heterocycles. The molecular weight excluding hydrogens is 365 g/mol. The normalized spacial score (nSPS) is 20.8. The highest BCUT2D eigenvalue weighted by Gasteiger charge is 2.33. The Kier molecular flexibility index (Phi) is 4.45. The minimum absolute atomic E-state index is 0.218. The predicted molar refractivity (Wildman–Crippen MR) is 87.6 cm³/mol. The number of nitrogens with zero attached hydrogens (tertiary/aromatic N) is 2. The van der Waals surface area contributed by atoms with Gasteiger partial charge in [-0.2, -0.15) is 0 Å². The fraction of sp³-hybridized carbons (Fsp3) is 0.533. The topological polar surface area (TPSA) is 35.6 Å². The Bertz CT molecular complexity index is 471. The molecule has 0 bridgehead atoms. The van der Waals surface area contributed by atoms with Gasteiger partial charge in [-0.3, -0.25) is 0 Å². The Balaban J connectivity index is 1.61. The van der Waals surface area contributed by atoms with Gasteiger partial charge in [-0.25, -0.2) is 4.79 Å². The monoisotopic (exact) mass is 385 g/mol. The SMILES string of the molecule is O=C1N(Cc2ccc(I)cc2)CCN1C1CCNCC1. The van der Waals surface area contributed by atoms with Gasteiger partial charge in [-0.05, 0) is 66.2 Å². The van der Waals surface area contributed by atoms with Gasteiger partial charge in [0.1, 0.15) is 0 Å². The number of hydrogen-bond donors (Lipinski definition) is 1. The van der Waals surface area contributed by atoms with Crippen LogP contribution in [-0.4, -0.2) is 48.1 Å². The van der Waals surface area contributed by atoms with Gasteiger partial charge < -0.3 is 15.1 Å². The molecule has 2 aliphatic heterocycles. The first kappa shape index (κ1) is 14.1. The molecule has 2 aliphatic rings. The second kappa shape index (κ2) is 6.30. The molecule has 0 saturated carbocycles. The lowest BCUT2D eigenvalue weighted by Crippen LogP contribution is -2.45. The molecule has 0 spiro atoms. The van der Waals surface area contributed by atoms with E-state index in [0.29, 0.717) is 6.04 Å². The summed E-state index contributed by atoms with van der Waals surface area (Å²) in [5.74, 6) is 0. The van der Waals surface area contributed by atoms with Crippen molar-refractivity contribution in [2.45, 2.75) is 25.4 Å². The average Bonchev–Trinajstić information content (AvgIpc) is 2.84. The Morgan fingerprint density at radius 2 is 1.85 bits per heavy atom. The number of piperidine rings is 1. The number of nitrogens with one attached hydrogen (secondary N) is 1. The van der Waals surface area contributed by atoms with Crippen molar-refractivity contribution in [3.63, 3.8) is 0 Å². The first-order chi connectivity index (χ1) is 9.74. The van der Waals surface area contributed by atoms with Gasteiger partial charge in [-0.15, -0.1) is 0 Å². The van der Waals surface area contributed by atoms with Gasteiger partial charge in [0.05, 0.1) is 0 Å². The number of rotatable bonds is 3. The third-order valence-electron chi connectivity index (χ3n) is 4.16. The summed E-state index contributed by atoms with van der Waals surface area (Å²) in [5.41, 5.74) is 1.21. The van der Waals surface area contributed by atoms with E-state index in [1.165, 1.54) is 9.13 Å². The highest BCUT2D eigenvalue weighted by molar-refractivity contribution is 14.1. The number of benzene rings is 1. The summed E-state index contributed by atoms with van der Waals surface area (Å²) in [6, 6.07) is 9.08. The van der Waals surface area contributed by atoms with Crippen LogP contribution in [0.5, 0.6) is 0 Å². The number of halogens is 1. The molecule has 1 aromatic rings. The van der Waals surface area contributed by atoms with Crippen LogP contribution in [0.3, 0.4) is 0 Å². The first-order valence-electron chi connectivity index (χ1n) is 7.25. The summed E-state index contributed by atoms with van der Waals surface area (Å²) in [6.45, 7) is 4.54. The van der Waals surface area contributed by atoms with Gasteiger partial charge in [0, 0.05) is 29.2 Å². The minimum Gasteiger partial charge on any atom is -0.320 e. The standard InChI is InChI=1S/C15H20IN3O/c16-13-3-1-12(2-4-13)11-18-9-10-19(15(18)20)14-5-7-17-8-6-14/h1-4,14,17H,5-11H2. The third-order valence-corrected chi connectivity index (χ3v) is 4.88. The van der Waals surface area contributed by atoms with Crippen LogP contribution in [0.25, 0.3) is 0 Å². The highest BCUT2D eigenvalue weighted by Crippen LogP contribution is 2.20. The molecule has 0 radical (unpaired) electrons. The van der Waals surface area contributed by atoms with E-state index in [4.69, 9.17) is 0 Å². The molecule has 5 heteroatoms. The van der Waals surface area contributed by atoms with Crippen LogP contribution in [0, 0.1) is 3.57 Å². The average molecular weight is 385 g/mol. The number of hydrogen-bond acceptors (Lipinski definition) is 2. The van der Waals surface area contributed by atoms with Crippen molar-refractivity contribution in [3.05, 3.63) is 33.4 Å². The number of carbonyl (C=O) groups is 1. The van der Waals surface area contributed by atoms with Gasteiger partial charge in [-0.1, -0.05) is 12.1 Å². The maximum atomic E-state index is 12.5. The molecule has 1 aromatic carbocycles. The van der Waals surface area contributed by atoms with E-state index in [2.05, 4.69) is 57.1 Å². The summed E-state index contributed by atoms with van der Waals surface area (Å²) in [4.78, 5) is 16.6. The highest BCUT2D eigenvalue weighted by atomic mass is 127. The zero-order valence-electron chi connectivity index (χ0n) is 11.5. The van der Waals surface area contributed by atoms with Crippen molar-refractivity contribution in [1.82, 2.24) is 15.1 Å². The molecule has 3 rings (SSSR count). The summed E-state index contributed by atoms with van der Waals surface area (Å²) >= 11 is 2.30. The number of urea groups is 1. The minimum atomic E-state index is 0.218. The van der Waals surface area contributed by atoms with Crippen molar-refractivity contribution >= 4 is 28.6 Å². The summed E-state index contributed by atoms with van der Waals surface area (Å²) < 4.78 is 1.23. The van der Waals surface area contributed by atoms with Crippen LogP contribution >= 0.6 is 22.6 Å². The quantitative estimate of drug-likeness (QED) is 0.811. The van der Waals surface area contributed by atoms with E-state index in [1.807, 2.05) is 4.90 Å². The molecule has 2 fully saturated rings. The zero-order valence-corrected chi connectivity index (χ0v) is 13.7. The molecule has 1 N–H and O–H groups in total. The van der Waals surface area contributed by atoms with Crippen molar-refractivity contribution in [1.29, 1.82) is 0 Å². The van der Waals surface area contributed by atoms with Crippen LogP contribution in [0.4, 0.5) is 4.79 Å². The van der Waals surface area contributed by atoms with Gasteiger partial charge in [0.2, 0.25) is 0 Å². The lowest BCUT2D eigenvalue weighted by atomic mass is 10.1. The van der Waals surface area contributed by atoms with E-state index in [9.17, 15) is 4.79 Å². The van der Waals surface area contributed by atoms with Crippen molar-refractivity contribution in [2.24, 2.45) is 0 Å². The smallest absolute Gasteiger partial charge is 0.320 e. The summed E-state index contributed by atoms with van der Waals surface area (Å²) in [6.07, 6.45) is 2.17. The Labute approximate surface area is 133 Å². The third kappa shape index (κ3) is 3.09. The van der Waals surface area contributed by atoms with Crippen LogP contribution in [0.2, 0.25) is 0 Å². The molecule has 4 nitrogen and oxygen atoms in total. The Hall–Kier alpha value is -0.820. The van der Waals surface area contributed by atoms with Gasteiger partial charge in [0.15, 0.2) is 0 Å². The summed E-state index contributed by atoms with van der Waals surface area (Å²) in [5, 5.41) is 3.36. The van der Waals surface area contributed by atoms with Crippen LogP contribution in [0.1, 0.15) is 18.4 Å². The Morgan fingerprint density at radius 3 is 2.55 bits per heavy atom. The molecule has 2 amide bonds. The molecule has 108 valence electrons. The molecule has 2 saturated heterocycles. The molecule has 0 aromatic heterocycles. The molecule has 20 heavy (non-hydrogen) atoms. The fourth-order valence-electron chi connectivity index (χ4n) is 3.02. The molecule has 0 aliphatic carbocycles. The first-order valence-corrected chi connectivity index (χ1v) is 8.32. The molecule has 0 atom stereocenters. The maximum absolute atomic E-state index is 12.5. The van der Waals surface area contributed by atoms with Crippen LogP contribution in [0.15, 0.2) is 24.3 Å². The Morgan fingerprint density at radius 1 is 1.15 bits per heavy atom. The van der Waals surface area contributed by atoms with Crippen molar-refractivity contribution < 1.29 is 4.79 Å². The second-order valence-corrected chi connectivity index (χ2v) is 6.75. The maximum Gasteiger partial charge on any atom is 0.320 e. The molecular formula is C15H20IN3O. The lowest BCUT2D eigenvalue weighted by Gasteiger charge is -2.31. The number of carbonyl (C=O) groups excluding carboxylic acids is 1. The van der Waals surface area contributed by atoms with E-state index in [-0.39, 0.29) is 6.03 Å². The van der Waals surface area contributed by atoms with Gasteiger partial charge >= 0.3 is 6.03 Å². The predicted octanol–water partition coefficient (Wildman–Crippen LogP) is 2.28. The van der Waals surface area contributed by atoms with E-state index in [1.54, 1.807) is 0 Å². The fourth-order valence-corrected chi connectivity index (χ4v) is 3.37. The number of amides is 2. The second-order valence-electron chi connectivity index (χ2n) is 5.51. The van der Waals surface area contributed by atoms with Gasteiger partial charge in [0.25, 0.3) is 0 Å².